The molecule has 0 bridgehead atoms. The Morgan fingerprint density at radius 3 is 2.53 bits per heavy atom. The van der Waals surface area contributed by atoms with Crippen molar-refractivity contribution in [3.8, 4) is 0 Å². The lowest BCUT2D eigenvalue weighted by Crippen LogP contribution is -2.18. The minimum atomic E-state index is -0.831. The van der Waals surface area contributed by atoms with Gasteiger partial charge in [-0.2, -0.15) is 0 Å². The number of hydroxylamine groups is 1. The van der Waals surface area contributed by atoms with E-state index in [9.17, 15) is 14.3 Å². The van der Waals surface area contributed by atoms with Gasteiger partial charge in [-0.05, 0) is 24.1 Å². The van der Waals surface area contributed by atoms with Gasteiger partial charge in [-0.3, -0.25) is 10.0 Å². The van der Waals surface area contributed by atoms with Crippen molar-refractivity contribution < 1.29 is 19.5 Å². The minimum Gasteiger partial charge on any atom is -0.388 e. The van der Waals surface area contributed by atoms with Crippen molar-refractivity contribution in [3.05, 3.63) is 35.6 Å². The van der Waals surface area contributed by atoms with Crippen LogP contribution in [0.2, 0.25) is 0 Å². The van der Waals surface area contributed by atoms with Crippen LogP contribution in [0.4, 0.5) is 4.39 Å². The van der Waals surface area contributed by atoms with E-state index in [1.807, 2.05) is 0 Å². The van der Waals surface area contributed by atoms with Crippen molar-refractivity contribution >= 4 is 5.91 Å². The number of hydrogen-bond acceptors (Lipinski definition) is 3. The van der Waals surface area contributed by atoms with E-state index in [1.54, 1.807) is 0 Å². The smallest absolute Gasteiger partial charge is 0.243 e. The van der Waals surface area contributed by atoms with Gasteiger partial charge in [0.1, 0.15) is 5.82 Å². The molecule has 0 aromatic heterocycles. The van der Waals surface area contributed by atoms with Gasteiger partial charge in [-0.25, -0.2) is 9.87 Å². The first kappa shape index (κ1) is 11.6. The fourth-order valence-electron chi connectivity index (χ4n) is 1.18. The van der Waals surface area contributed by atoms with Crippen LogP contribution in [0.3, 0.4) is 0 Å². The van der Waals surface area contributed by atoms with Gasteiger partial charge in [0.25, 0.3) is 0 Å². The van der Waals surface area contributed by atoms with Crippen LogP contribution < -0.4 is 5.48 Å². The second-order valence-electron chi connectivity index (χ2n) is 3.14. The molecule has 0 heterocycles. The highest BCUT2D eigenvalue weighted by atomic mass is 19.1. The molecule has 0 unspecified atom stereocenters. The Kier molecular flexibility index (Phi) is 4.20. The number of amides is 1. The quantitative estimate of drug-likeness (QED) is 0.519. The summed E-state index contributed by atoms with van der Waals surface area (Å²) in [7, 11) is 0. The van der Waals surface area contributed by atoms with Gasteiger partial charge in [0.15, 0.2) is 0 Å². The topological polar surface area (TPSA) is 69.6 Å². The maximum atomic E-state index is 12.5. The van der Waals surface area contributed by atoms with E-state index in [2.05, 4.69) is 0 Å². The number of benzene rings is 1. The number of hydrogen-bond donors (Lipinski definition) is 3. The Morgan fingerprint density at radius 1 is 1.40 bits per heavy atom. The normalized spacial score (nSPS) is 12.2. The van der Waals surface area contributed by atoms with Crippen molar-refractivity contribution in [1.29, 1.82) is 0 Å². The number of aliphatic hydroxyl groups excluding tert-OH is 1. The second-order valence-corrected chi connectivity index (χ2v) is 3.14. The lowest BCUT2D eigenvalue weighted by Gasteiger charge is -2.09. The number of carbonyl (C=O) groups is 1. The van der Waals surface area contributed by atoms with Crippen LogP contribution in [0.15, 0.2) is 24.3 Å². The van der Waals surface area contributed by atoms with Crippen LogP contribution in [0.1, 0.15) is 24.5 Å². The zero-order valence-electron chi connectivity index (χ0n) is 7.98. The first-order chi connectivity index (χ1) is 7.13. The average molecular weight is 213 g/mol. The maximum Gasteiger partial charge on any atom is 0.243 e. The van der Waals surface area contributed by atoms with E-state index in [4.69, 9.17) is 5.21 Å². The fraction of sp³-hybridized carbons (Fsp3) is 0.300. The maximum absolute atomic E-state index is 12.5. The number of aliphatic hydroxyl groups is 1. The van der Waals surface area contributed by atoms with Crippen LogP contribution in [-0.4, -0.2) is 16.2 Å². The van der Waals surface area contributed by atoms with Gasteiger partial charge in [0.2, 0.25) is 5.91 Å². The molecule has 1 aromatic rings. The second kappa shape index (κ2) is 5.43. The molecule has 3 N–H and O–H groups in total. The molecule has 5 heteroatoms. The largest absolute Gasteiger partial charge is 0.388 e. The van der Waals surface area contributed by atoms with Crippen LogP contribution in [0.25, 0.3) is 0 Å². The van der Waals surface area contributed by atoms with Crippen molar-refractivity contribution in [2.24, 2.45) is 0 Å². The van der Waals surface area contributed by atoms with Crippen LogP contribution >= 0.6 is 0 Å². The Balaban J connectivity index is 2.50. The molecule has 0 saturated carbocycles. The third-order valence-electron chi connectivity index (χ3n) is 2.02. The predicted octanol–water partition coefficient (Wildman–Crippen LogP) is 1.14. The minimum absolute atomic E-state index is 0.00897. The predicted molar refractivity (Wildman–Crippen MR) is 50.5 cm³/mol. The third-order valence-corrected chi connectivity index (χ3v) is 2.02. The molecule has 1 aromatic carbocycles. The molecule has 4 nitrogen and oxygen atoms in total. The van der Waals surface area contributed by atoms with Crippen LogP contribution in [0.5, 0.6) is 0 Å². The molecule has 0 aliphatic heterocycles. The van der Waals surface area contributed by atoms with Crippen molar-refractivity contribution in [3.63, 3.8) is 0 Å². The van der Waals surface area contributed by atoms with E-state index < -0.39 is 12.0 Å². The summed E-state index contributed by atoms with van der Waals surface area (Å²) in [6.07, 6.45) is -0.643. The Bertz CT molecular complexity index is 326. The first-order valence-electron chi connectivity index (χ1n) is 4.50. The summed E-state index contributed by atoms with van der Waals surface area (Å²) in [5, 5.41) is 17.8. The monoisotopic (exact) mass is 213 g/mol. The average Bonchev–Trinajstić information content (AvgIpc) is 2.26. The fourth-order valence-corrected chi connectivity index (χ4v) is 1.18. The van der Waals surface area contributed by atoms with Crippen molar-refractivity contribution in [1.82, 2.24) is 5.48 Å². The van der Waals surface area contributed by atoms with E-state index in [1.165, 1.54) is 29.7 Å². The highest BCUT2D eigenvalue weighted by Gasteiger charge is 2.09. The Hall–Kier alpha value is -1.46. The summed E-state index contributed by atoms with van der Waals surface area (Å²) >= 11 is 0. The summed E-state index contributed by atoms with van der Waals surface area (Å²) < 4.78 is 12.5. The molecular formula is C10H12FNO3. The highest BCUT2D eigenvalue weighted by molar-refractivity contribution is 5.74. The molecular weight excluding hydrogens is 201 g/mol. The SMILES string of the molecule is O=C(CC[C@@H](O)c1ccc(F)cc1)NO. The molecule has 1 amide bonds. The number of nitrogens with one attached hydrogen (secondary N) is 1. The summed E-state index contributed by atoms with van der Waals surface area (Å²) in [4.78, 5) is 10.7. The molecule has 0 fully saturated rings. The van der Waals surface area contributed by atoms with Gasteiger partial charge >= 0.3 is 0 Å². The Morgan fingerprint density at radius 2 is 2.00 bits per heavy atom. The molecule has 15 heavy (non-hydrogen) atoms. The summed E-state index contributed by atoms with van der Waals surface area (Å²) in [6, 6.07) is 5.39. The number of carbonyl (C=O) groups excluding carboxylic acids is 1. The standard InChI is InChI=1S/C10H12FNO3/c11-8-3-1-7(2-4-8)9(13)5-6-10(14)12-15/h1-4,9,13,15H,5-6H2,(H,12,14)/t9-/m1/s1. The summed E-state index contributed by atoms with van der Waals surface area (Å²) in [5.41, 5.74) is 2.01. The number of halogens is 1. The van der Waals surface area contributed by atoms with Gasteiger partial charge < -0.3 is 5.11 Å². The lowest BCUT2D eigenvalue weighted by molar-refractivity contribution is -0.129. The molecule has 1 atom stereocenters. The van der Waals surface area contributed by atoms with Crippen molar-refractivity contribution in [2.75, 3.05) is 0 Å². The third kappa shape index (κ3) is 3.65. The summed E-state index contributed by atoms with van der Waals surface area (Å²) in [6.45, 7) is 0. The Labute approximate surface area is 86.3 Å². The molecule has 82 valence electrons. The van der Waals surface area contributed by atoms with E-state index in [-0.39, 0.29) is 18.7 Å². The van der Waals surface area contributed by atoms with Crippen molar-refractivity contribution in [2.45, 2.75) is 18.9 Å². The van der Waals surface area contributed by atoms with E-state index in [0.717, 1.165) is 0 Å². The van der Waals surface area contributed by atoms with Gasteiger partial charge in [-0.1, -0.05) is 12.1 Å². The van der Waals surface area contributed by atoms with Gasteiger partial charge in [0.05, 0.1) is 6.10 Å². The van der Waals surface area contributed by atoms with Crippen LogP contribution in [-0.2, 0) is 4.79 Å². The molecule has 0 aliphatic carbocycles. The molecule has 0 spiro atoms. The molecule has 1 rings (SSSR count). The van der Waals surface area contributed by atoms with Crippen LogP contribution in [0, 0.1) is 5.82 Å². The van der Waals surface area contributed by atoms with Gasteiger partial charge in [0, 0.05) is 6.42 Å². The zero-order valence-corrected chi connectivity index (χ0v) is 7.98. The lowest BCUT2D eigenvalue weighted by atomic mass is 10.0. The molecule has 0 saturated heterocycles. The van der Waals surface area contributed by atoms with Gasteiger partial charge in [-0.15, -0.1) is 0 Å². The zero-order chi connectivity index (χ0) is 11.3. The van der Waals surface area contributed by atoms with E-state index in [0.29, 0.717) is 5.56 Å². The summed E-state index contributed by atoms with van der Waals surface area (Å²) in [5.74, 6) is -0.935. The van der Waals surface area contributed by atoms with E-state index >= 15 is 0 Å². The first-order valence-corrected chi connectivity index (χ1v) is 4.50. The molecule has 0 radical (unpaired) electrons. The molecule has 0 aliphatic rings. The highest BCUT2D eigenvalue weighted by Crippen LogP contribution is 2.18. The number of rotatable bonds is 4.